The molecule has 0 spiro atoms. The average molecular weight is 1200 g/mol. The van der Waals surface area contributed by atoms with E-state index in [1.807, 2.05) is 0 Å². The highest BCUT2D eigenvalue weighted by atomic mass is 15.2. The highest BCUT2D eigenvalue weighted by Crippen LogP contribution is 2.46. The van der Waals surface area contributed by atoms with Crippen molar-refractivity contribution >= 4 is 89.0 Å². The Morgan fingerprint density at radius 1 is 0.223 bits per heavy atom. The standard InChI is InChI=1S/C86H58N8/c1-5-23-61(24-6-1)85-83(87-81-39-17-19-53-89(81)85)63-27-21-33-69(55-63)91(71-49-51-79-75(57-71)73-35-13-15-37-77(73)93(79)65-29-9-3-10-30-65)67-45-41-59(42-46-67)60-43-47-68(48-44-60)92(72-50-52-80-76(58-72)74-36-14-16-38-78(74)94(80)66-31-11-4-12-32-66)70-34-22-28-64(56-70)84-86(62-25-7-2-8-26-62)90-54-20-18-40-82(90)88-84/h1-58H. The molecule has 6 heterocycles. The number of hydrogen-bond acceptors (Lipinski definition) is 4. The van der Waals surface area contributed by atoms with E-state index in [0.29, 0.717) is 0 Å². The third kappa shape index (κ3) is 9.22. The van der Waals surface area contributed by atoms with Gasteiger partial charge in [-0.15, -0.1) is 0 Å². The second-order valence-electron chi connectivity index (χ2n) is 23.9. The molecule has 0 saturated carbocycles. The van der Waals surface area contributed by atoms with Crippen molar-refractivity contribution in [3.8, 4) is 67.5 Å². The van der Waals surface area contributed by atoms with E-state index in [0.717, 1.165) is 135 Å². The minimum atomic E-state index is 0.895. The number of hydrogen-bond donors (Lipinski definition) is 0. The molecule has 0 fully saturated rings. The number of rotatable bonds is 13. The molecule has 0 amide bonds. The summed E-state index contributed by atoms with van der Waals surface area (Å²) < 4.78 is 9.14. The van der Waals surface area contributed by atoms with Gasteiger partial charge in [0.25, 0.3) is 0 Å². The lowest BCUT2D eigenvalue weighted by atomic mass is 10.0. The van der Waals surface area contributed by atoms with Gasteiger partial charge in [0.05, 0.1) is 44.8 Å². The van der Waals surface area contributed by atoms with Crippen LogP contribution >= 0.6 is 0 Å². The Morgan fingerprint density at radius 2 is 0.564 bits per heavy atom. The number of fused-ring (bicyclic) bond motifs is 8. The fourth-order valence-corrected chi connectivity index (χ4v) is 14.1. The number of pyridine rings is 2. The lowest BCUT2D eigenvalue weighted by Gasteiger charge is -2.27. The summed E-state index contributed by atoms with van der Waals surface area (Å²) in [5, 5.41) is 4.74. The average Bonchev–Trinajstić information content (AvgIpc) is 1.60. The summed E-state index contributed by atoms with van der Waals surface area (Å²) in [7, 11) is 0. The first-order valence-corrected chi connectivity index (χ1v) is 31.9. The van der Waals surface area contributed by atoms with Crippen LogP contribution in [0.1, 0.15) is 0 Å². The summed E-state index contributed by atoms with van der Waals surface area (Å²) in [6.45, 7) is 0. The Morgan fingerprint density at radius 3 is 0.989 bits per heavy atom. The van der Waals surface area contributed by atoms with Crippen LogP contribution in [0.2, 0.25) is 0 Å². The molecule has 0 aliphatic heterocycles. The summed E-state index contributed by atoms with van der Waals surface area (Å²) in [5.41, 5.74) is 25.2. The maximum Gasteiger partial charge on any atom is 0.137 e. The van der Waals surface area contributed by atoms with E-state index in [-0.39, 0.29) is 0 Å². The second kappa shape index (κ2) is 22.6. The maximum atomic E-state index is 5.31. The molecule has 8 heteroatoms. The maximum absolute atomic E-state index is 5.31. The first-order chi connectivity index (χ1) is 46.6. The summed E-state index contributed by atoms with van der Waals surface area (Å²) >= 11 is 0. The zero-order valence-corrected chi connectivity index (χ0v) is 51.1. The van der Waals surface area contributed by atoms with E-state index < -0.39 is 0 Å². The van der Waals surface area contributed by atoms with Gasteiger partial charge in [0.1, 0.15) is 11.3 Å². The minimum absolute atomic E-state index is 0.895. The predicted octanol–water partition coefficient (Wildman–Crippen LogP) is 22.5. The Labute approximate surface area is 543 Å². The third-order valence-electron chi connectivity index (χ3n) is 18.4. The number of nitrogens with zero attached hydrogens (tertiary/aromatic N) is 8. The van der Waals surface area contributed by atoms with Gasteiger partial charge in [0.15, 0.2) is 0 Å². The number of anilines is 6. The third-order valence-corrected chi connectivity index (χ3v) is 18.4. The van der Waals surface area contributed by atoms with E-state index in [4.69, 9.17) is 9.97 Å². The number of imidazole rings is 2. The first kappa shape index (κ1) is 54.2. The van der Waals surface area contributed by atoms with E-state index in [1.54, 1.807) is 0 Å². The molecular weight excluding hydrogens is 1150 g/mol. The van der Waals surface area contributed by atoms with Crippen molar-refractivity contribution in [1.82, 2.24) is 27.9 Å². The molecule has 0 unspecified atom stereocenters. The zero-order chi connectivity index (χ0) is 62.1. The Bertz CT molecular complexity index is 5480. The van der Waals surface area contributed by atoms with Gasteiger partial charge in [0.2, 0.25) is 0 Å². The molecule has 18 aromatic rings. The van der Waals surface area contributed by atoms with Crippen LogP contribution in [0.15, 0.2) is 352 Å². The molecule has 8 nitrogen and oxygen atoms in total. The summed E-state index contributed by atoms with van der Waals surface area (Å²) in [6, 6.07) is 122. The molecule has 0 bridgehead atoms. The lowest BCUT2D eigenvalue weighted by Crippen LogP contribution is -2.10. The minimum Gasteiger partial charge on any atom is -0.310 e. The van der Waals surface area contributed by atoms with E-state index in [2.05, 4.69) is 380 Å². The van der Waals surface area contributed by atoms with Gasteiger partial charge < -0.3 is 18.9 Å². The highest BCUT2D eigenvalue weighted by molar-refractivity contribution is 6.12. The highest BCUT2D eigenvalue weighted by Gasteiger charge is 2.24. The van der Waals surface area contributed by atoms with E-state index >= 15 is 0 Å². The summed E-state index contributed by atoms with van der Waals surface area (Å²) in [6.07, 6.45) is 4.21. The van der Waals surface area contributed by atoms with Crippen LogP contribution in [0.4, 0.5) is 34.1 Å². The fourth-order valence-electron chi connectivity index (χ4n) is 14.1. The van der Waals surface area contributed by atoms with Crippen LogP contribution in [-0.4, -0.2) is 27.9 Å². The topological polar surface area (TPSA) is 50.9 Å². The summed E-state index contributed by atoms with van der Waals surface area (Å²) in [4.78, 5) is 15.4. The van der Waals surface area contributed by atoms with Crippen LogP contribution < -0.4 is 9.80 Å². The van der Waals surface area contributed by atoms with Crippen molar-refractivity contribution in [3.63, 3.8) is 0 Å². The van der Waals surface area contributed by atoms with Crippen LogP contribution in [0.25, 0.3) is 122 Å². The van der Waals surface area contributed by atoms with Crippen molar-refractivity contribution in [2.45, 2.75) is 0 Å². The molecule has 6 aromatic heterocycles. The molecule has 0 aliphatic rings. The molecule has 0 atom stereocenters. The van der Waals surface area contributed by atoms with Crippen molar-refractivity contribution in [2.24, 2.45) is 0 Å². The molecule has 18 rings (SSSR count). The van der Waals surface area contributed by atoms with Crippen molar-refractivity contribution in [1.29, 1.82) is 0 Å². The molecule has 0 N–H and O–H groups in total. The van der Waals surface area contributed by atoms with Gasteiger partial charge in [-0.25, -0.2) is 9.97 Å². The number of para-hydroxylation sites is 4. The van der Waals surface area contributed by atoms with E-state index in [9.17, 15) is 0 Å². The van der Waals surface area contributed by atoms with Gasteiger partial charge in [-0.3, -0.25) is 8.80 Å². The second-order valence-corrected chi connectivity index (χ2v) is 23.9. The molecule has 0 saturated heterocycles. The molecular formula is C86H58N8. The van der Waals surface area contributed by atoms with E-state index in [1.165, 1.54) is 21.5 Å². The monoisotopic (exact) mass is 1200 g/mol. The van der Waals surface area contributed by atoms with Crippen molar-refractivity contribution in [2.75, 3.05) is 9.80 Å². The van der Waals surface area contributed by atoms with Crippen LogP contribution in [0.3, 0.4) is 0 Å². The van der Waals surface area contributed by atoms with Crippen molar-refractivity contribution < 1.29 is 0 Å². The van der Waals surface area contributed by atoms with Crippen LogP contribution in [-0.2, 0) is 0 Å². The number of benzene rings is 12. The molecule has 0 aliphatic carbocycles. The largest absolute Gasteiger partial charge is 0.310 e. The van der Waals surface area contributed by atoms with Crippen molar-refractivity contribution in [3.05, 3.63) is 352 Å². The molecule has 0 radical (unpaired) electrons. The molecule has 94 heavy (non-hydrogen) atoms. The molecule has 442 valence electrons. The van der Waals surface area contributed by atoms with Gasteiger partial charge in [-0.2, -0.15) is 0 Å². The Balaban J connectivity index is 0.759. The van der Waals surface area contributed by atoms with Gasteiger partial charge >= 0.3 is 0 Å². The Kier molecular flexibility index (Phi) is 13.0. The molecule has 12 aromatic carbocycles. The smallest absolute Gasteiger partial charge is 0.137 e. The Hall–Kier alpha value is -12.8. The zero-order valence-electron chi connectivity index (χ0n) is 51.1. The van der Waals surface area contributed by atoms with Crippen LogP contribution in [0.5, 0.6) is 0 Å². The fraction of sp³-hybridized carbons (Fsp3) is 0. The number of aromatic nitrogens is 6. The van der Waals surface area contributed by atoms with Crippen LogP contribution in [0, 0.1) is 0 Å². The normalized spacial score (nSPS) is 11.6. The quantitative estimate of drug-likeness (QED) is 0.115. The predicted molar refractivity (Wildman–Crippen MR) is 389 cm³/mol. The first-order valence-electron chi connectivity index (χ1n) is 31.9. The summed E-state index contributed by atoms with van der Waals surface area (Å²) in [5.74, 6) is 0. The van der Waals surface area contributed by atoms with Gasteiger partial charge in [-0.05, 0) is 157 Å². The van der Waals surface area contributed by atoms with Gasteiger partial charge in [0, 0.05) is 102 Å². The lowest BCUT2D eigenvalue weighted by molar-refractivity contribution is 1.18. The van der Waals surface area contributed by atoms with Gasteiger partial charge in [-0.1, -0.05) is 194 Å². The SMILES string of the molecule is c1ccc(-c2c(-c3cccc(N(c4ccc(-c5ccc(N(c6cccc(-c7nc8ccccn8c7-c7ccccc7)c6)c6ccc7c(c6)c6ccccc6n7-c6ccccc6)cc5)cc4)c4ccc5c(c4)c4ccccc4n5-c4ccccc4)c3)nc3ccccn23)cc1.